The van der Waals surface area contributed by atoms with Gasteiger partial charge in [0.2, 0.25) is 11.8 Å². The van der Waals surface area contributed by atoms with Crippen molar-refractivity contribution in [1.82, 2.24) is 15.2 Å². The molecule has 150 valence electrons. The number of carbonyl (C=O) groups excluding carboxylic acids is 2. The topological polar surface area (TPSA) is 79.0 Å². The number of carbonyl (C=O) groups is 2. The van der Waals surface area contributed by atoms with Gasteiger partial charge in [-0.1, -0.05) is 37.6 Å². The fraction of sp³-hybridized carbons (Fsp3) is 0.273. The quantitative estimate of drug-likeness (QED) is 0.645. The first kappa shape index (κ1) is 20.7. The molecule has 0 bridgehead atoms. The van der Waals surface area contributed by atoms with Crippen molar-refractivity contribution in [1.29, 1.82) is 0 Å². The Morgan fingerprint density at radius 3 is 2.38 bits per heavy atom. The average molecular weight is 411 g/mol. The van der Waals surface area contributed by atoms with Gasteiger partial charge in [0.25, 0.3) is 0 Å². The number of hydrogen-bond acceptors (Lipinski definition) is 4. The lowest BCUT2D eigenvalue weighted by molar-refractivity contribution is -0.128. The van der Waals surface area contributed by atoms with Crippen LogP contribution in [0.3, 0.4) is 0 Å². The first-order chi connectivity index (χ1) is 13.9. The van der Waals surface area contributed by atoms with Crippen molar-refractivity contribution >= 4 is 29.2 Å². The molecule has 29 heavy (non-hydrogen) atoms. The van der Waals surface area contributed by atoms with E-state index < -0.39 is 0 Å². The standard InChI is InChI=1S/C22H23ClN4O2/c1-14(2)22(29)27(19(28)9-6-16-4-7-18(23)8-5-16)21-15(3)20(25-26-21)17-10-12-24-13-11-17/h4-5,7-8,10-14H,6,9H2,1-3H3,(H,25,26). The van der Waals surface area contributed by atoms with Crippen molar-refractivity contribution < 1.29 is 9.59 Å². The number of aryl methyl sites for hydroxylation is 1. The Bertz CT molecular complexity index is 997. The van der Waals surface area contributed by atoms with Gasteiger partial charge in [0.1, 0.15) is 5.82 Å². The molecular weight excluding hydrogens is 388 g/mol. The van der Waals surface area contributed by atoms with Crippen LogP contribution in [0.25, 0.3) is 11.3 Å². The molecule has 1 N–H and O–H groups in total. The molecule has 2 heterocycles. The minimum atomic E-state index is -0.332. The van der Waals surface area contributed by atoms with E-state index in [4.69, 9.17) is 11.6 Å². The fourth-order valence-corrected chi connectivity index (χ4v) is 3.15. The molecule has 0 aliphatic rings. The molecule has 1 aromatic carbocycles. The third kappa shape index (κ3) is 4.71. The molecule has 0 radical (unpaired) electrons. The van der Waals surface area contributed by atoms with Crippen LogP contribution in [0, 0.1) is 12.8 Å². The number of anilines is 1. The number of hydrogen-bond donors (Lipinski definition) is 1. The van der Waals surface area contributed by atoms with Crippen LogP contribution in [0.2, 0.25) is 5.02 Å². The van der Waals surface area contributed by atoms with E-state index in [1.807, 2.05) is 31.2 Å². The summed E-state index contributed by atoms with van der Waals surface area (Å²) in [6.45, 7) is 5.40. The number of imide groups is 1. The van der Waals surface area contributed by atoms with E-state index in [9.17, 15) is 9.59 Å². The van der Waals surface area contributed by atoms with E-state index in [-0.39, 0.29) is 24.2 Å². The predicted molar refractivity (Wildman–Crippen MR) is 114 cm³/mol. The van der Waals surface area contributed by atoms with Crippen LogP contribution in [-0.2, 0) is 16.0 Å². The van der Waals surface area contributed by atoms with Crippen molar-refractivity contribution in [2.45, 2.75) is 33.6 Å². The molecule has 0 atom stereocenters. The first-order valence-electron chi connectivity index (χ1n) is 9.45. The lowest BCUT2D eigenvalue weighted by Gasteiger charge is -2.22. The molecule has 0 fully saturated rings. The lowest BCUT2D eigenvalue weighted by atomic mass is 10.1. The lowest BCUT2D eigenvalue weighted by Crippen LogP contribution is -2.40. The number of H-pyrrole nitrogens is 1. The van der Waals surface area contributed by atoms with Crippen molar-refractivity contribution in [2.24, 2.45) is 5.92 Å². The second-order valence-electron chi connectivity index (χ2n) is 7.13. The van der Waals surface area contributed by atoms with Gasteiger partial charge >= 0.3 is 0 Å². The van der Waals surface area contributed by atoms with Crippen molar-refractivity contribution in [3.05, 3.63) is 64.9 Å². The molecule has 0 saturated carbocycles. The summed E-state index contributed by atoms with van der Waals surface area (Å²) < 4.78 is 0. The number of halogens is 1. The van der Waals surface area contributed by atoms with Gasteiger partial charge in [-0.2, -0.15) is 5.10 Å². The zero-order valence-corrected chi connectivity index (χ0v) is 17.4. The Hall–Kier alpha value is -2.99. The summed E-state index contributed by atoms with van der Waals surface area (Å²) in [6, 6.07) is 11.0. The smallest absolute Gasteiger partial charge is 0.237 e. The summed E-state index contributed by atoms with van der Waals surface area (Å²) in [4.78, 5) is 31.2. The minimum absolute atomic E-state index is 0.198. The molecule has 3 rings (SSSR count). The van der Waals surface area contributed by atoms with Crippen LogP contribution in [0.1, 0.15) is 31.4 Å². The third-order valence-electron chi connectivity index (χ3n) is 4.67. The molecule has 0 saturated heterocycles. The summed E-state index contributed by atoms with van der Waals surface area (Å²) in [6.07, 6.45) is 4.07. The number of rotatable bonds is 6. The molecule has 0 spiro atoms. The number of aromatic amines is 1. The maximum atomic E-state index is 13.0. The van der Waals surface area contributed by atoms with Crippen molar-refractivity contribution in [2.75, 3.05) is 4.90 Å². The fourth-order valence-electron chi connectivity index (χ4n) is 3.03. The third-order valence-corrected chi connectivity index (χ3v) is 4.92. The Labute approximate surface area is 174 Å². The zero-order valence-electron chi connectivity index (χ0n) is 16.6. The van der Waals surface area contributed by atoms with E-state index in [1.165, 1.54) is 4.90 Å². The van der Waals surface area contributed by atoms with Crippen LogP contribution in [-0.4, -0.2) is 27.0 Å². The number of aromatic nitrogens is 3. The number of nitrogens with zero attached hydrogens (tertiary/aromatic N) is 3. The largest absolute Gasteiger partial charge is 0.274 e. The predicted octanol–water partition coefficient (Wildman–Crippen LogP) is 4.58. The van der Waals surface area contributed by atoms with E-state index in [0.717, 1.165) is 16.7 Å². The minimum Gasteiger partial charge on any atom is -0.274 e. The molecule has 0 aliphatic heterocycles. The molecule has 0 aliphatic carbocycles. The highest BCUT2D eigenvalue weighted by Gasteiger charge is 2.29. The number of benzene rings is 1. The maximum absolute atomic E-state index is 13.0. The Morgan fingerprint density at radius 2 is 1.76 bits per heavy atom. The summed E-state index contributed by atoms with van der Waals surface area (Å²) in [5, 5.41) is 7.88. The monoisotopic (exact) mass is 410 g/mol. The van der Waals surface area contributed by atoms with Crippen LogP contribution >= 0.6 is 11.6 Å². The molecular formula is C22H23ClN4O2. The number of amides is 2. The molecule has 7 heteroatoms. The second kappa shape index (κ2) is 9.01. The SMILES string of the molecule is Cc1c(-c2ccncc2)n[nH]c1N(C(=O)CCc1ccc(Cl)cc1)C(=O)C(C)C. The van der Waals surface area contributed by atoms with Crippen LogP contribution in [0.15, 0.2) is 48.8 Å². The maximum Gasteiger partial charge on any atom is 0.237 e. The summed E-state index contributed by atoms with van der Waals surface area (Å²) in [5.41, 5.74) is 3.28. The average Bonchev–Trinajstić information content (AvgIpc) is 3.09. The van der Waals surface area contributed by atoms with Crippen molar-refractivity contribution in [3.8, 4) is 11.3 Å². The zero-order chi connectivity index (χ0) is 21.0. The van der Waals surface area contributed by atoms with Crippen LogP contribution < -0.4 is 4.90 Å². The molecule has 2 amide bonds. The normalized spacial score (nSPS) is 10.9. The Balaban J connectivity index is 1.87. The van der Waals surface area contributed by atoms with E-state index in [0.29, 0.717) is 23.0 Å². The van der Waals surface area contributed by atoms with Gasteiger partial charge in [0, 0.05) is 40.9 Å². The number of nitrogens with one attached hydrogen (secondary N) is 1. The summed E-state index contributed by atoms with van der Waals surface area (Å²) >= 11 is 5.92. The van der Waals surface area contributed by atoms with Gasteiger partial charge in [0.15, 0.2) is 0 Å². The Morgan fingerprint density at radius 1 is 1.10 bits per heavy atom. The van der Waals surface area contributed by atoms with Gasteiger partial charge in [-0.3, -0.25) is 19.7 Å². The molecule has 6 nitrogen and oxygen atoms in total. The van der Waals surface area contributed by atoms with Gasteiger partial charge in [-0.25, -0.2) is 4.90 Å². The highest BCUT2D eigenvalue weighted by molar-refractivity contribution is 6.30. The number of pyridine rings is 1. The summed E-state index contributed by atoms with van der Waals surface area (Å²) in [7, 11) is 0. The second-order valence-corrected chi connectivity index (χ2v) is 7.57. The van der Waals surface area contributed by atoms with Gasteiger partial charge in [-0.15, -0.1) is 0 Å². The van der Waals surface area contributed by atoms with E-state index in [1.54, 1.807) is 38.4 Å². The summed E-state index contributed by atoms with van der Waals surface area (Å²) in [5.74, 6) is -0.455. The van der Waals surface area contributed by atoms with Crippen molar-refractivity contribution in [3.63, 3.8) is 0 Å². The highest BCUT2D eigenvalue weighted by atomic mass is 35.5. The van der Waals surface area contributed by atoms with Gasteiger partial charge in [0.05, 0.1) is 5.69 Å². The van der Waals surface area contributed by atoms with Gasteiger partial charge < -0.3 is 0 Å². The first-order valence-corrected chi connectivity index (χ1v) is 9.83. The molecule has 3 aromatic rings. The van der Waals surface area contributed by atoms with Gasteiger partial charge in [-0.05, 0) is 43.2 Å². The molecule has 0 unspecified atom stereocenters. The van der Waals surface area contributed by atoms with Crippen LogP contribution in [0.4, 0.5) is 5.82 Å². The van der Waals surface area contributed by atoms with E-state index >= 15 is 0 Å². The van der Waals surface area contributed by atoms with E-state index in [2.05, 4.69) is 15.2 Å². The highest BCUT2D eigenvalue weighted by Crippen LogP contribution is 2.29. The van der Waals surface area contributed by atoms with Crippen LogP contribution in [0.5, 0.6) is 0 Å². The Kier molecular flexibility index (Phi) is 6.44. The molecule has 2 aromatic heterocycles.